The standard InChI is InChI=1S/C18H27N5O3/c1-12(2)21-18(26)23-10-9-22(16(23)15(24)20-8-7-19)17(25)14-6-4-5-13(3)11-14/h4-6,11-12,16H,7-10,19H2,1-3H3,(H,20,24)(H,21,26). The SMILES string of the molecule is Cc1cccc(C(=O)N2CCN(C(=O)NC(C)C)C2C(=O)NCCN)c1. The van der Waals surface area contributed by atoms with Crippen LogP contribution in [0.4, 0.5) is 4.79 Å². The monoisotopic (exact) mass is 361 g/mol. The minimum absolute atomic E-state index is 0.0724. The first-order valence-corrected chi connectivity index (χ1v) is 8.77. The van der Waals surface area contributed by atoms with Crippen LogP contribution in [0.3, 0.4) is 0 Å². The van der Waals surface area contributed by atoms with E-state index in [4.69, 9.17) is 5.73 Å². The van der Waals surface area contributed by atoms with Gasteiger partial charge in [0, 0.05) is 37.8 Å². The van der Waals surface area contributed by atoms with Crippen molar-refractivity contribution >= 4 is 17.8 Å². The highest BCUT2D eigenvalue weighted by atomic mass is 16.2. The molecule has 1 aliphatic heterocycles. The first-order valence-electron chi connectivity index (χ1n) is 8.77. The van der Waals surface area contributed by atoms with Gasteiger partial charge in [-0.05, 0) is 32.9 Å². The largest absolute Gasteiger partial charge is 0.351 e. The Morgan fingerprint density at radius 3 is 2.54 bits per heavy atom. The average Bonchev–Trinajstić information content (AvgIpc) is 3.03. The molecule has 1 unspecified atom stereocenters. The number of carbonyl (C=O) groups excluding carboxylic acids is 3. The summed E-state index contributed by atoms with van der Waals surface area (Å²) >= 11 is 0. The lowest BCUT2D eigenvalue weighted by molar-refractivity contribution is -0.127. The van der Waals surface area contributed by atoms with E-state index in [0.29, 0.717) is 12.1 Å². The van der Waals surface area contributed by atoms with Crippen molar-refractivity contribution in [3.05, 3.63) is 35.4 Å². The summed E-state index contributed by atoms with van der Waals surface area (Å²) in [5, 5.41) is 5.46. The number of hydrogen-bond donors (Lipinski definition) is 3. The Morgan fingerprint density at radius 1 is 1.23 bits per heavy atom. The third kappa shape index (κ3) is 4.51. The molecule has 2 rings (SSSR count). The van der Waals surface area contributed by atoms with Gasteiger partial charge in [-0.25, -0.2) is 4.79 Å². The van der Waals surface area contributed by atoms with Gasteiger partial charge in [0.2, 0.25) is 0 Å². The number of rotatable bonds is 5. The van der Waals surface area contributed by atoms with E-state index in [1.54, 1.807) is 18.2 Å². The van der Waals surface area contributed by atoms with Crippen molar-refractivity contribution in [1.29, 1.82) is 0 Å². The molecule has 1 atom stereocenters. The molecule has 1 saturated heterocycles. The minimum Gasteiger partial charge on any atom is -0.351 e. The van der Waals surface area contributed by atoms with E-state index in [1.807, 2.05) is 26.8 Å². The fraction of sp³-hybridized carbons (Fsp3) is 0.500. The fourth-order valence-corrected chi connectivity index (χ4v) is 2.90. The molecule has 0 saturated carbocycles. The van der Waals surface area contributed by atoms with Gasteiger partial charge in [-0.2, -0.15) is 0 Å². The summed E-state index contributed by atoms with van der Waals surface area (Å²) < 4.78 is 0. The van der Waals surface area contributed by atoms with Gasteiger partial charge in [0.05, 0.1) is 0 Å². The molecule has 0 bridgehead atoms. The molecule has 1 aromatic carbocycles. The molecule has 1 aliphatic rings. The quantitative estimate of drug-likeness (QED) is 0.700. The highest BCUT2D eigenvalue weighted by Crippen LogP contribution is 2.19. The van der Waals surface area contributed by atoms with Crippen LogP contribution in [0.1, 0.15) is 29.8 Å². The molecular weight excluding hydrogens is 334 g/mol. The van der Waals surface area contributed by atoms with Crippen LogP contribution >= 0.6 is 0 Å². The Labute approximate surface area is 153 Å². The Hall–Kier alpha value is -2.61. The van der Waals surface area contributed by atoms with Gasteiger partial charge in [-0.3, -0.25) is 14.5 Å². The van der Waals surface area contributed by atoms with E-state index in [9.17, 15) is 14.4 Å². The van der Waals surface area contributed by atoms with E-state index in [-0.39, 0.29) is 37.6 Å². The van der Waals surface area contributed by atoms with Gasteiger partial charge < -0.3 is 21.3 Å². The summed E-state index contributed by atoms with van der Waals surface area (Å²) in [6, 6.07) is 6.74. The predicted molar refractivity (Wildman–Crippen MR) is 98.4 cm³/mol. The normalized spacial score (nSPS) is 16.7. The van der Waals surface area contributed by atoms with E-state index >= 15 is 0 Å². The summed E-state index contributed by atoms with van der Waals surface area (Å²) in [6.45, 7) is 6.72. The molecule has 26 heavy (non-hydrogen) atoms. The summed E-state index contributed by atoms with van der Waals surface area (Å²) in [5.41, 5.74) is 6.90. The Morgan fingerprint density at radius 2 is 1.92 bits per heavy atom. The fourth-order valence-electron chi connectivity index (χ4n) is 2.90. The zero-order valence-electron chi connectivity index (χ0n) is 15.5. The minimum atomic E-state index is -0.992. The van der Waals surface area contributed by atoms with Crippen molar-refractivity contribution in [2.75, 3.05) is 26.2 Å². The second kappa shape index (κ2) is 8.66. The van der Waals surface area contributed by atoms with Crippen LogP contribution in [0.5, 0.6) is 0 Å². The number of carbonyl (C=O) groups is 3. The maximum Gasteiger partial charge on any atom is 0.319 e. The number of benzene rings is 1. The number of nitrogens with two attached hydrogens (primary N) is 1. The third-order valence-corrected chi connectivity index (χ3v) is 4.05. The predicted octanol–water partition coefficient (Wildman–Crippen LogP) is 0.272. The Balaban J connectivity index is 2.27. The van der Waals surface area contributed by atoms with Gasteiger partial charge in [-0.1, -0.05) is 17.7 Å². The van der Waals surface area contributed by atoms with Crippen LogP contribution in [0.25, 0.3) is 0 Å². The van der Waals surface area contributed by atoms with E-state index in [1.165, 1.54) is 9.80 Å². The van der Waals surface area contributed by atoms with Crippen molar-refractivity contribution in [3.63, 3.8) is 0 Å². The van der Waals surface area contributed by atoms with Gasteiger partial charge >= 0.3 is 6.03 Å². The first-order chi connectivity index (χ1) is 12.3. The van der Waals surface area contributed by atoms with Crippen LogP contribution in [0, 0.1) is 6.92 Å². The van der Waals surface area contributed by atoms with Crippen LogP contribution in [-0.2, 0) is 4.79 Å². The van der Waals surface area contributed by atoms with Gasteiger partial charge in [0.15, 0.2) is 6.17 Å². The van der Waals surface area contributed by atoms with E-state index < -0.39 is 12.1 Å². The number of urea groups is 1. The maximum atomic E-state index is 12.9. The third-order valence-electron chi connectivity index (χ3n) is 4.05. The number of amides is 4. The van der Waals surface area contributed by atoms with Gasteiger partial charge in [0.25, 0.3) is 11.8 Å². The molecule has 8 heteroatoms. The second-order valence-electron chi connectivity index (χ2n) is 6.62. The molecule has 1 heterocycles. The molecule has 0 spiro atoms. The highest BCUT2D eigenvalue weighted by molar-refractivity contribution is 5.99. The topological polar surface area (TPSA) is 108 Å². The number of nitrogens with zero attached hydrogens (tertiary/aromatic N) is 2. The number of hydrogen-bond acceptors (Lipinski definition) is 4. The molecule has 0 radical (unpaired) electrons. The lowest BCUT2D eigenvalue weighted by Gasteiger charge is -2.29. The highest BCUT2D eigenvalue weighted by Gasteiger charge is 2.42. The molecule has 8 nitrogen and oxygen atoms in total. The molecule has 0 aromatic heterocycles. The van der Waals surface area contributed by atoms with Crippen molar-refractivity contribution in [2.45, 2.75) is 33.0 Å². The van der Waals surface area contributed by atoms with Crippen LogP contribution in [-0.4, -0.2) is 66.0 Å². The smallest absolute Gasteiger partial charge is 0.319 e. The summed E-state index contributed by atoms with van der Waals surface area (Å²) in [4.78, 5) is 40.9. The van der Waals surface area contributed by atoms with Gasteiger partial charge in [0.1, 0.15) is 0 Å². The van der Waals surface area contributed by atoms with E-state index in [0.717, 1.165) is 5.56 Å². The molecule has 4 amide bonds. The zero-order chi connectivity index (χ0) is 19.3. The first kappa shape index (κ1) is 19.7. The lowest BCUT2D eigenvalue weighted by Crippen LogP contribution is -2.56. The Kier molecular flexibility index (Phi) is 6.57. The van der Waals surface area contributed by atoms with Gasteiger partial charge in [-0.15, -0.1) is 0 Å². The van der Waals surface area contributed by atoms with Crippen molar-refractivity contribution in [3.8, 4) is 0 Å². The molecule has 4 N–H and O–H groups in total. The summed E-state index contributed by atoms with van der Waals surface area (Å²) in [5.74, 6) is -0.686. The van der Waals surface area contributed by atoms with Crippen LogP contribution in [0.15, 0.2) is 24.3 Å². The summed E-state index contributed by atoms with van der Waals surface area (Å²) in [6.07, 6.45) is -0.992. The average molecular weight is 361 g/mol. The molecular formula is C18H27N5O3. The molecule has 1 fully saturated rings. The van der Waals surface area contributed by atoms with Crippen LogP contribution in [0.2, 0.25) is 0 Å². The lowest BCUT2D eigenvalue weighted by atomic mass is 10.1. The number of aryl methyl sites for hydroxylation is 1. The molecule has 142 valence electrons. The van der Waals surface area contributed by atoms with E-state index in [2.05, 4.69) is 10.6 Å². The van der Waals surface area contributed by atoms with Crippen LogP contribution < -0.4 is 16.4 Å². The maximum absolute atomic E-state index is 12.9. The summed E-state index contributed by atoms with van der Waals surface area (Å²) in [7, 11) is 0. The van der Waals surface area contributed by atoms with Crippen molar-refractivity contribution in [2.24, 2.45) is 5.73 Å². The zero-order valence-corrected chi connectivity index (χ0v) is 15.5. The second-order valence-corrected chi connectivity index (χ2v) is 6.62. The number of nitrogens with one attached hydrogen (secondary N) is 2. The Bertz CT molecular complexity index is 677. The molecule has 0 aliphatic carbocycles. The van der Waals surface area contributed by atoms with Crippen molar-refractivity contribution in [1.82, 2.24) is 20.4 Å². The van der Waals surface area contributed by atoms with Crippen molar-refractivity contribution < 1.29 is 14.4 Å². The molecule has 1 aromatic rings.